The highest BCUT2D eigenvalue weighted by atomic mass is 35.5. The molecule has 0 spiro atoms. The first kappa shape index (κ1) is 19.2. The molecular formula is C22H21ClN4O2. The lowest BCUT2D eigenvalue weighted by Crippen LogP contribution is -2.17. The Kier molecular flexibility index (Phi) is 5.62. The van der Waals surface area contributed by atoms with E-state index in [1.54, 1.807) is 12.3 Å². The summed E-state index contributed by atoms with van der Waals surface area (Å²) in [6.07, 6.45) is 6.41. The number of benzene rings is 2. The van der Waals surface area contributed by atoms with E-state index in [0.717, 1.165) is 35.2 Å². The van der Waals surface area contributed by atoms with Gasteiger partial charge in [-0.15, -0.1) is 0 Å². The second-order valence-corrected chi connectivity index (χ2v) is 7.18. The molecule has 0 atom stereocenters. The highest BCUT2D eigenvalue weighted by Crippen LogP contribution is 2.28. The van der Waals surface area contributed by atoms with Crippen LogP contribution in [0.25, 0.3) is 21.9 Å². The van der Waals surface area contributed by atoms with Gasteiger partial charge in [0, 0.05) is 10.9 Å². The molecule has 0 aliphatic rings. The van der Waals surface area contributed by atoms with Crippen molar-refractivity contribution in [2.45, 2.75) is 26.2 Å². The number of nitrogens with one attached hydrogen (secondary N) is 1. The van der Waals surface area contributed by atoms with Gasteiger partial charge in [-0.1, -0.05) is 37.4 Å². The van der Waals surface area contributed by atoms with Gasteiger partial charge in [-0.2, -0.15) is 9.78 Å². The van der Waals surface area contributed by atoms with Gasteiger partial charge in [0.15, 0.2) is 0 Å². The van der Waals surface area contributed by atoms with Crippen molar-refractivity contribution in [3.8, 4) is 5.75 Å². The molecule has 4 aromatic rings. The molecule has 148 valence electrons. The van der Waals surface area contributed by atoms with E-state index in [2.05, 4.69) is 22.0 Å². The van der Waals surface area contributed by atoms with E-state index in [9.17, 15) is 4.79 Å². The molecule has 0 amide bonds. The van der Waals surface area contributed by atoms with Crippen molar-refractivity contribution in [3.63, 3.8) is 0 Å². The largest absolute Gasteiger partial charge is 0.494 e. The molecule has 4 rings (SSSR count). The van der Waals surface area contributed by atoms with Crippen LogP contribution >= 0.6 is 11.6 Å². The fraction of sp³-hybridized carbons (Fsp3) is 0.227. The van der Waals surface area contributed by atoms with Crippen molar-refractivity contribution in [1.82, 2.24) is 14.6 Å². The third-order valence-electron chi connectivity index (χ3n) is 4.69. The van der Waals surface area contributed by atoms with Crippen molar-refractivity contribution in [2.75, 3.05) is 6.61 Å². The Bertz CT molecular complexity index is 1230. The van der Waals surface area contributed by atoms with E-state index in [1.165, 1.54) is 23.8 Å². The maximum Gasteiger partial charge on any atom is 0.298 e. The summed E-state index contributed by atoms with van der Waals surface area (Å²) < 4.78 is 6.92. The Morgan fingerprint density at radius 2 is 2.03 bits per heavy atom. The second-order valence-electron chi connectivity index (χ2n) is 6.77. The minimum absolute atomic E-state index is 0.283. The number of unbranched alkanes of at least 4 members (excludes halogenated alkanes) is 2. The molecule has 1 N–H and O–H groups in total. The quantitative estimate of drug-likeness (QED) is 0.346. The minimum atomic E-state index is -0.283. The summed E-state index contributed by atoms with van der Waals surface area (Å²) in [5, 5.41) is 5.55. The van der Waals surface area contributed by atoms with Crippen LogP contribution in [0, 0.1) is 0 Å². The fourth-order valence-corrected chi connectivity index (χ4v) is 3.42. The molecule has 0 radical (unpaired) electrons. The van der Waals surface area contributed by atoms with Gasteiger partial charge in [0.1, 0.15) is 23.1 Å². The molecule has 0 unspecified atom stereocenters. The van der Waals surface area contributed by atoms with Gasteiger partial charge in [-0.25, -0.2) is 4.98 Å². The van der Waals surface area contributed by atoms with Crippen molar-refractivity contribution < 1.29 is 4.74 Å². The first-order valence-electron chi connectivity index (χ1n) is 9.62. The fourth-order valence-electron chi connectivity index (χ4n) is 3.15. The number of halogens is 1. The van der Waals surface area contributed by atoms with Crippen molar-refractivity contribution in [2.24, 2.45) is 5.10 Å². The monoisotopic (exact) mass is 408 g/mol. The summed E-state index contributed by atoms with van der Waals surface area (Å²) >= 11 is 6.26. The predicted octanol–water partition coefficient (Wildman–Crippen LogP) is 4.98. The van der Waals surface area contributed by atoms with Gasteiger partial charge in [-0.3, -0.25) is 4.79 Å². The van der Waals surface area contributed by atoms with Crippen LogP contribution in [0.2, 0.25) is 5.02 Å². The van der Waals surface area contributed by atoms with Crippen LogP contribution in [-0.2, 0) is 0 Å². The van der Waals surface area contributed by atoms with E-state index in [-0.39, 0.29) is 5.56 Å². The lowest BCUT2D eigenvalue weighted by atomic mass is 10.2. The molecule has 0 fully saturated rings. The molecule has 2 aromatic carbocycles. The molecule has 0 aliphatic carbocycles. The zero-order chi connectivity index (χ0) is 20.2. The highest BCUT2D eigenvalue weighted by Gasteiger charge is 2.12. The lowest BCUT2D eigenvalue weighted by molar-refractivity contribution is 0.306. The van der Waals surface area contributed by atoms with Crippen molar-refractivity contribution in [3.05, 3.63) is 69.7 Å². The Balaban J connectivity index is 1.55. The average Bonchev–Trinajstić information content (AvgIpc) is 3.12. The number of aromatic nitrogens is 3. The third kappa shape index (κ3) is 4.03. The molecule has 6 nitrogen and oxygen atoms in total. The summed E-state index contributed by atoms with van der Waals surface area (Å²) in [7, 11) is 0. The maximum absolute atomic E-state index is 12.8. The standard InChI is InChI=1S/C22H21ClN4O2/c1-2-3-4-12-29-16-10-8-15(9-11-16)13-25-27-14-24-20-19-17(23)6-5-7-18(19)26-21(20)22(27)28/h5-11,13-14,26H,2-4,12H2,1H3/b25-13+. The van der Waals surface area contributed by atoms with Crippen LogP contribution in [0.3, 0.4) is 0 Å². The van der Waals surface area contributed by atoms with E-state index in [1.807, 2.05) is 36.4 Å². The zero-order valence-corrected chi connectivity index (χ0v) is 16.8. The molecule has 0 bridgehead atoms. The summed E-state index contributed by atoms with van der Waals surface area (Å²) in [5.41, 5.74) is 2.27. The molecule has 0 saturated carbocycles. The predicted molar refractivity (Wildman–Crippen MR) is 117 cm³/mol. The number of hydrogen-bond acceptors (Lipinski definition) is 4. The number of rotatable bonds is 7. The van der Waals surface area contributed by atoms with Gasteiger partial charge in [0.25, 0.3) is 5.56 Å². The molecule has 2 aromatic heterocycles. The Labute approximate surface area is 172 Å². The van der Waals surface area contributed by atoms with Crippen LogP contribution in [0.4, 0.5) is 0 Å². The molecule has 0 aliphatic heterocycles. The van der Waals surface area contributed by atoms with Crippen molar-refractivity contribution in [1.29, 1.82) is 0 Å². The number of H-pyrrole nitrogens is 1. The molecule has 2 heterocycles. The normalized spacial score (nSPS) is 11.7. The number of nitrogens with zero attached hydrogens (tertiary/aromatic N) is 3. The van der Waals surface area contributed by atoms with Gasteiger partial charge in [0.2, 0.25) is 0 Å². The Hall–Kier alpha value is -3.12. The van der Waals surface area contributed by atoms with Crippen LogP contribution in [0.15, 0.2) is 58.7 Å². The Morgan fingerprint density at radius 3 is 2.83 bits per heavy atom. The highest BCUT2D eigenvalue weighted by molar-refractivity contribution is 6.37. The van der Waals surface area contributed by atoms with Crippen LogP contribution in [-0.4, -0.2) is 27.5 Å². The summed E-state index contributed by atoms with van der Waals surface area (Å²) in [6, 6.07) is 13.1. The van der Waals surface area contributed by atoms with E-state index in [4.69, 9.17) is 16.3 Å². The summed E-state index contributed by atoms with van der Waals surface area (Å²) in [6.45, 7) is 2.89. The lowest BCUT2D eigenvalue weighted by Gasteiger charge is -2.05. The SMILES string of the molecule is CCCCCOc1ccc(/C=N/n2cnc3c([nH]c4cccc(Cl)c43)c2=O)cc1. The minimum Gasteiger partial charge on any atom is -0.494 e. The van der Waals surface area contributed by atoms with E-state index < -0.39 is 0 Å². The second kappa shape index (κ2) is 8.49. The van der Waals surface area contributed by atoms with Gasteiger partial charge >= 0.3 is 0 Å². The van der Waals surface area contributed by atoms with Gasteiger partial charge < -0.3 is 9.72 Å². The maximum atomic E-state index is 12.8. The third-order valence-corrected chi connectivity index (χ3v) is 5.01. The van der Waals surface area contributed by atoms with E-state index in [0.29, 0.717) is 16.1 Å². The van der Waals surface area contributed by atoms with Crippen LogP contribution in [0.1, 0.15) is 31.7 Å². The summed E-state index contributed by atoms with van der Waals surface area (Å²) in [5.74, 6) is 0.827. The topological polar surface area (TPSA) is 72.3 Å². The molecule has 29 heavy (non-hydrogen) atoms. The van der Waals surface area contributed by atoms with Gasteiger partial charge in [-0.05, 0) is 48.4 Å². The Morgan fingerprint density at radius 1 is 1.21 bits per heavy atom. The van der Waals surface area contributed by atoms with Crippen LogP contribution in [0.5, 0.6) is 5.75 Å². The van der Waals surface area contributed by atoms with Gasteiger partial charge in [0.05, 0.1) is 17.8 Å². The smallest absolute Gasteiger partial charge is 0.298 e. The molecular weight excluding hydrogens is 388 g/mol. The number of ether oxygens (including phenoxy) is 1. The van der Waals surface area contributed by atoms with E-state index >= 15 is 0 Å². The number of fused-ring (bicyclic) bond motifs is 3. The summed E-state index contributed by atoms with van der Waals surface area (Å²) in [4.78, 5) is 20.2. The number of hydrogen-bond donors (Lipinski definition) is 1. The average molecular weight is 409 g/mol. The van der Waals surface area contributed by atoms with Crippen molar-refractivity contribution >= 4 is 39.8 Å². The number of aromatic amines is 1. The van der Waals surface area contributed by atoms with Crippen LogP contribution < -0.4 is 10.3 Å². The molecule has 7 heteroatoms. The first-order valence-corrected chi connectivity index (χ1v) is 10.00. The first-order chi connectivity index (χ1) is 14.2. The zero-order valence-electron chi connectivity index (χ0n) is 16.1. The molecule has 0 saturated heterocycles.